The highest BCUT2D eigenvalue weighted by Crippen LogP contribution is 2.24. The summed E-state index contributed by atoms with van der Waals surface area (Å²) in [5.74, 6) is 0.916. The number of rotatable bonds is 3. The summed E-state index contributed by atoms with van der Waals surface area (Å²) in [4.78, 5) is 14.6. The summed E-state index contributed by atoms with van der Waals surface area (Å²) in [6.45, 7) is 1.57. The first-order valence-corrected chi connectivity index (χ1v) is 8.55. The van der Waals surface area contributed by atoms with E-state index in [9.17, 15) is 4.79 Å². The van der Waals surface area contributed by atoms with E-state index in [1.165, 1.54) is 0 Å². The van der Waals surface area contributed by atoms with Gasteiger partial charge in [-0.25, -0.2) is 0 Å². The average molecular weight is 357 g/mol. The van der Waals surface area contributed by atoms with Crippen molar-refractivity contribution in [1.82, 2.24) is 19.8 Å². The van der Waals surface area contributed by atoms with Crippen molar-refractivity contribution in [3.05, 3.63) is 47.7 Å². The Kier molecular flexibility index (Phi) is 4.23. The van der Waals surface area contributed by atoms with Crippen LogP contribution in [0.1, 0.15) is 12.8 Å². The zero-order chi connectivity index (χ0) is 17.2. The molecule has 7 nitrogen and oxygen atoms in total. The van der Waals surface area contributed by atoms with Crippen LogP contribution in [0.3, 0.4) is 0 Å². The minimum atomic E-state index is -0.00567. The van der Waals surface area contributed by atoms with Gasteiger partial charge >= 0.3 is 0 Å². The smallest absolute Gasteiger partial charge is 0.227 e. The molecule has 8 heteroatoms. The van der Waals surface area contributed by atoms with Gasteiger partial charge in [0.25, 0.3) is 0 Å². The lowest BCUT2D eigenvalue weighted by Crippen LogP contribution is -2.38. The SMILES string of the molecule is O=C(Nc1cccc(Cl)c1)C1CCN(c2ccc3nncn3n2)CC1. The maximum absolute atomic E-state index is 12.5. The van der Waals surface area contributed by atoms with Crippen molar-refractivity contribution in [2.45, 2.75) is 12.8 Å². The van der Waals surface area contributed by atoms with Crippen LogP contribution in [0.2, 0.25) is 5.02 Å². The lowest BCUT2D eigenvalue weighted by Gasteiger charge is -2.32. The summed E-state index contributed by atoms with van der Waals surface area (Å²) in [7, 11) is 0. The van der Waals surface area contributed by atoms with Gasteiger partial charge in [-0.3, -0.25) is 4.79 Å². The first-order chi connectivity index (χ1) is 12.2. The summed E-state index contributed by atoms with van der Waals surface area (Å²) in [5, 5.41) is 15.9. The molecule has 0 saturated carbocycles. The molecule has 1 amide bonds. The van der Waals surface area contributed by atoms with Gasteiger partial charge in [-0.05, 0) is 43.2 Å². The molecule has 1 N–H and O–H groups in total. The van der Waals surface area contributed by atoms with Crippen molar-refractivity contribution in [3.63, 3.8) is 0 Å². The number of carbonyl (C=O) groups is 1. The van der Waals surface area contributed by atoms with Gasteiger partial charge in [-0.1, -0.05) is 17.7 Å². The van der Waals surface area contributed by atoms with Crippen molar-refractivity contribution >= 4 is 34.7 Å². The van der Waals surface area contributed by atoms with E-state index in [1.54, 1.807) is 23.0 Å². The van der Waals surface area contributed by atoms with E-state index >= 15 is 0 Å². The first kappa shape index (κ1) is 15.8. The molecular weight excluding hydrogens is 340 g/mol. The fourth-order valence-electron chi connectivity index (χ4n) is 3.07. The fraction of sp³-hybridized carbons (Fsp3) is 0.294. The highest BCUT2D eigenvalue weighted by atomic mass is 35.5. The summed E-state index contributed by atoms with van der Waals surface area (Å²) in [6.07, 6.45) is 3.16. The lowest BCUT2D eigenvalue weighted by molar-refractivity contribution is -0.120. The second-order valence-electron chi connectivity index (χ2n) is 6.09. The molecule has 1 aromatic carbocycles. The van der Waals surface area contributed by atoms with Crippen molar-refractivity contribution in [1.29, 1.82) is 0 Å². The molecule has 0 atom stereocenters. The molecule has 1 saturated heterocycles. The Balaban J connectivity index is 1.38. The molecule has 1 aliphatic heterocycles. The number of anilines is 2. The third-order valence-corrected chi connectivity index (χ3v) is 4.66. The van der Waals surface area contributed by atoms with Gasteiger partial charge < -0.3 is 10.2 Å². The number of halogens is 1. The van der Waals surface area contributed by atoms with Crippen LogP contribution in [0.25, 0.3) is 5.65 Å². The number of carbonyl (C=O) groups excluding carboxylic acids is 1. The van der Waals surface area contributed by atoms with Crippen LogP contribution in [0, 0.1) is 5.92 Å². The first-order valence-electron chi connectivity index (χ1n) is 8.17. The number of hydrogen-bond acceptors (Lipinski definition) is 5. The molecule has 25 heavy (non-hydrogen) atoms. The number of fused-ring (bicyclic) bond motifs is 1. The maximum atomic E-state index is 12.5. The van der Waals surface area contributed by atoms with Crippen molar-refractivity contribution in [2.24, 2.45) is 5.92 Å². The largest absolute Gasteiger partial charge is 0.355 e. The van der Waals surface area contributed by atoms with Crippen LogP contribution >= 0.6 is 11.6 Å². The molecule has 1 aliphatic rings. The molecular formula is C17H17ClN6O. The van der Waals surface area contributed by atoms with Gasteiger partial charge in [-0.2, -0.15) is 4.52 Å². The van der Waals surface area contributed by atoms with Gasteiger partial charge in [-0.15, -0.1) is 15.3 Å². The number of benzene rings is 1. The van der Waals surface area contributed by atoms with Gasteiger partial charge in [0.1, 0.15) is 12.1 Å². The van der Waals surface area contributed by atoms with E-state index in [1.807, 2.05) is 24.3 Å². The normalized spacial score (nSPS) is 15.5. The lowest BCUT2D eigenvalue weighted by atomic mass is 9.96. The van der Waals surface area contributed by atoms with E-state index in [4.69, 9.17) is 11.6 Å². The topological polar surface area (TPSA) is 75.4 Å². The third kappa shape index (κ3) is 3.41. The Morgan fingerprint density at radius 3 is 2.84 bits per heavy atom. The molecule has 3 aromatic rings. The molecule has 2 aromatic heterocycles. The molecule has 4 rings (SSSR count). The van der Waals surface area contributed by atoms with Gasteiger partial charge in [0, 0.05) is 29.7 Å². The summed E-state index contributed by atoms with van der Waals surface area (Å²) in [5.41, 5.74) is 1.46. The molecule has 0 aliphatic carbocycles. The monoisotopic (exact) mass is 356 g/mol. The van der Waals surface area contributed by atoms with Crippen LogP contribution in [0.5, 0.6) is 0 Å². The van der Waals surface area contributed by atoms with Crippen LogP contribution in [0.15, 0.2) is 42.7 Å². The van der Waals surface area contributed by atoms with Gasteiger partial charge in [0.2, 0.25) is 5.91 Å². The van der Waals surface area contributed by atoms with Crippen molar-refractivity contribution < 1.29 is 4.79 Å². The molecule has 1 fully saturated rings. The average Bonchev–Trinajstić information content (AvgIpc) is 3.09. The minimum Gasteiger partial charge on any atom is -0.355 e. The van der Waals surface area contributed by atoms with Gasteiger partial charge in [0.05, 0.1) is 0 Å². The molecule has 0 unspecified atom stereocenters. The van der Waals surface area contributed by atoms with E-state index in [0.717, 1.165) is 43.1 Å². The maximum Gasteiger partial charge on any atom is 0.227 e. The second-order valence-corrected chi connectivity index (χ2v) is 6.52. The molecule has 128 valence electrons. The van der Waals surface area contributed by atoms with Gasteiger partial charge in [0.15, 0.2) is 5.65 Å². The Morgan fingerprint density at radius 2 is 2.04 bits per heavy atom. The standard InChI is InChI=1S/C17H17ClN6O/c18-13-2-1-3-14(10-13)20-17(25)12-6-8-23(9-7-12)16-5-4-15-21-19-11-24(15)22-16/h1-5,10-12H,6-9H2,(H,20,25). The number of aromatic nitrogens is 4. The van der Waals surface area contributed by atoms with E-state index in [-0.39, 0.29) is 11.8 Å². The highest BCUT2D eigenvalue weighted by Gasteiger charge is 2.26. The zero-order valence-electron chi connectivity index (χ0n) is 13.5. The zero-order valence-corrected chi connectivity index (χ0v) is 14.2. The van der Waals surface area contributed by atoms with E-state index in [0.29, 0.717) is 5.02 Å². The van der Waals surface area contributed by atoms with Crippen LogP contribution in [-0.2, 0) is 4.79 Å². The Morgan fingerprint density at radius 1 is 1.20 bits per heavy atom. The second kappa shape index (κ2) is 6.68. The highest BCUT2D eigenvalue weighted by molar-refractivity contribution is 6.30. The van der Waals surface area contributed by atoms with Crippen molar-refractivity contribution in [3.8, 4) is 0 Å². The number of nitrogens with one attached hydrogen (secondary N) is 1. The number of piperidine rings is 1. The molecule has 0 bridgehead atoms. The quantitative estimate of drug-likeness (QED) is 0.780. The van der Waals surface area contributed by atoms with Crippen LogP contribution in [-0.4, -0.2) is 38.8 Å². The molecule has 0 radical (unpaired) electrons. The Bertz CT molecular complexity index is 903. The molecule has 0 spiro atoms. The Hall–Kier alpha value is -2.67. The summed E-state index contributed by atoms with van der Waals surface area (Å²) in [6, 6.07) is 11.1. The number of hydrogen-bond donors (Lipinski definition) is 1. The number of amides is 1. The Labute approximate surface area is 149 Å². The van der Waals surface area contributed by atoms with E-state index in [2.05, 4.69) is 25.5 Å². The number of nitrogens with zero attached hydrogens (tertiary/aromatic N) is 5. The van der Waals surface area contributed by atoms with E-state index < -0.39 is 0 Å². The third-order valence-electron chi connectivity index (χ3n) is 4.43. The summed E-state index contributed by atoms with van der Waals surface area (Å²) >= 11 is 5.96. The predicted octanol–water partition coefficient (Wildman–Crippen LogP) is 2.63. The minimum absolute atomic E-state index is 0.00567. The predicted molar refractivity (Wildman–Crippen MR) is 95.8 cm³/mol. The fourth-order valence-corrected chi connectivity index (χ4v) is 3.26. The summed E-state index contributed by atoms with van der Waals surface area (Å²) < 4.78 is 1.66. The van der Waals surface area contributed by atoms with Crippen LogP contribution in [0.4, 0.5) is 11.5 Å². The molecule has 3 heterocycles. The van der Waals surface area contributed by atoms with Crippen LogP contribution < -0.4 is 10.2 Å². The van der Waals surface area contributed by atoms with Crippen molar-refractivity contribution in [2.75, 3.05) is 23.3 Å².